The Labute approximate surface area is 116 Å². The minimum absolute atomic E-state index is 0.239. The van der Waals surface area contributed by atoms with Crippen molar-refractivity contribution >= 4 is 44.2 Å². The number of thiazole rings is 1. The van der Waals surface area contributed by atoms with Gasteiger partial charge in [-0.15, -0.1) is 11.8 Å². The molecule has 2 rings (SSSR count). The molecule has 1 heterocycles. The van der Waals surface area contributed by atoms with Gasteiger partial charge >= 0.3 is 0 Å². The van der Waals surface area contributed by atoms with Crippen LogP contribution in [-0.4, -0.2) is 4.98 Å². The number of thioether (sulfide) groups is 1. The van der Waals surface area contributed by atoms with Crippen LogP contribution in [0, 0.1) is 12.7 Å². The van der Waals surface area contributed by atoms with E-state index < -0.39 is 0 Å². The smallest absolute Gasteiger partial charge is 0.181 e. The Kier molecular flexibility index (Phi) is 4.06. The predicted octanol–water partition coefficient (Wildman–Crippen LogP) is 4.23. The average Bonchev–Trinajstić information content (AvgIpc) is 2.59. The lowest BCUT2D eigenvalue weighted by atomic mass is 10.2. The van der Waals surface area contributed by atoms with Crippen LogP contribution in [0.25, 0.3) is 0 Å². The van der Waals surface area contributed by atoms with Crippen LogP contribution in [0.4, 0.5) is 9.52 Å². The summed E-state index contributed by atoms with van der Waals surface area (Å²) in [7, 11) is 0. The fourth-order valence-electron chi connectivity index (χ4n) is 1.31. The molecule has 2 N–H and O–H groups in total. The number of nitrogen functional groups attached to an aromatic ring is 1. The number of aromatic nitrogens is 1. The normalized spacial score (nSPS) is 10.8. The fraction of sp³-hybridized carbons (Fsp3) is 0.182. The van der Waals surface area contributed by atoms with Gasteiger partial charge in [-0.2, -0.15) is 0 Å². The van der Waals surface area contributed by atoms with E-state index >= 15 is 0 Å². The van der Waals surface area contributed by atoms with Crippen LogP contribution in [0.1, 0.15) is 11.3 Å². The van der Waals surface area contributed by atoms with Gasteiger partial charge in [0.25, 0.3) is 0 Å². The first-order chi connectivity index (χ1) is 8.06. The third-order valence-corrected chi connectivity index (χ3v) is 5.15. The molecule has 0 amide bonds. The lowest BCUT2D eigenvalue weighted by molar-refractivity contribution is 0.620. The largest absolute Gasteiger partial charge is 0.375 e. The number of anilines is 1. The van der Waals surface area contributed by atoms with Crippen LogP contribution in [0.3, 0.4) is 0 Å². The Morgan fingerprint density at radius 3 is 2.88 bits per heavy atom. The summed E-state index contributed by atoms with van der Waals surface area (Å²) in [4.78, 5) is 4.16. The van der Waals surface area contributed by atoms with Gasteiger partial charge in [0.1, 0.15) is 5.82 Å². The molecule has 0 aliphatic heterocycles. The van der Waals surface area contributed by atoms with Crippen molar-refractivity contribution in [3.8, 4) is 0 Å². The molecule has 0 aliphatic carbocycles. The van der Waals surface area contributed by atoms with E-state index in [1.165, 1.54) is 17.4 Å². The highest BCUT2D eigenvalue weighted by atomic mass is 79.9. The number of halogens is 2. The standard InChI is InChI=1S/C11H10BrFN2S2/c1-6-10(17-11(14)15-6)16-5-7-2-3-9(13)8(12)4-7/h2-4H,5H2,1H3,(H2,14,15). The van der Waals surface area contributed by atoms with Crippen LogP contribution >= 0.6 is 39.0 Å². The third-order valence-electron chi connectivity index (χ3n) is 2.12. The van der Waals surface area contributed by atoms with E-state index in [0.29, 0.717) is 9.60 Å². The van der Waals surface area contributed by atoms with Crippen molar-refractivity contribution in [2.75, 3.05) is 5.73 Å². The highest BCUT2D eigenvalue weighted by Gasteiger charge is 2.07. The number of rotatable bonds is 3. The van der Waals surface area contributed by atoms with E-state index in [4.69, 9.17) is 5.73 Å². The summed E-state index contributed by atoms with van der Waals surface area (Å²) < 4.78 is 14.7. The highest BCUT2D eigenvalue weighted by molar-refractivity contribution is 9.10. The van der Waals surface area contributed by atoms with Gasteiger partial charge in [-0.25, -0.2) is 9.37 Å². The van der Waals surface area contributed by atoms with Crippen LogP contribution in [0.15, 0.2) is 26.9 Å². The number of hydrogen-bond acceptors (Lipinski definition) is 4. The maximum Gasteiger partial charge on any atom is 0.181 e. The van der Waals surface area contributed by atoms with Gasteiger partial charge in [0.2, 0.25) is 0 Å². The lowest BCUT2D eigenvalue weighted by Gasteiger charge is -2.02. The van der Waals surface area contributed by atoms with Gasteiger partial charge in [-0.3, -0.25) is 0 Å². The average molecular weight is 333 g/mol. The summed E-state index contributed by atoms with van der Waals surface area (Å²) >= 11 is 6.33. The molecule has 0 aliphatic rings. The van der Waals surface area contributed by atoms with Gasteiger partial charge in [0, 0.05) is 5.75 Å². The second kappa shape index (κ2) is 5.37. The monoisotopic (exact) mass is 332 g/mol. The van der Waals surface area contributed by atoms with E-state index in [2.05, 4.69) is 20.9 Å². The molecule has 0 atom stereocenters. The summed E-state index contributed by atoms with van der Waals surface area (Å²) in [6.07, 6.45) is 0. The molecule has 1 aromatic heterocycles. The minimum Gasteiger partial charge on any atom is -0.375 e. The predicted molar refractivity (Wildman–Crippen MR) is 74.9 cm³/mol. The van der Waals surface area contributed by atoms with E-state index in [9.17, 15) is 4.39 Å². The number of aryl methyl sites for hydroxylation is 1. The molecule has 0 saturated carbocycles. The highest BCUT2D eigenvalue weighted by Crippen LogP contribution is 2.33. The molecule has 0 spiro atoms. The van der Waals surface area contributed by atoms with Gasteiger partial charge in [0.05, 0.1) is 14.4 Å². The van der Waals surface area contributed by atoms with Crippen LogP contribution in [0.2, 0.25) is 0 Å². The van der Waals surface area contributed by atoms with E-state index in [0.717, 1.165) is 21.2 Å². The number of nitrogens with zero attached hydrogens (tertiary/aromatic N) is 1. The van der Waals surface area contributed by atoms with Gasteiger partial charge in [-0.05, 0) is 40.5 Å². The second-order valence-corrected chi connectivity index (χ2v) is 6.59. The van der Waals surface area contributed by atoms with E-state index in [1.807, 2.05) is 6.92 Å². The molecule has 0 fully saturated rings. The minimum atomic E-state index is -0.239. The van der Waals surface area contributed by atoms with Crippen molar-refractivity contribution in [1.82, 2.24) is 4.98 Å². The van der Waals surface area contributed by atoms with Crippen LogP contribution < -0.4 is 5.73 Å². The first-order valence-corrected chi connectivity index (χ1v) is 7.45. The zero-order valence-corrected chi connectivity index (χ0v) is 12.3. The van der Waals surface area contributed by atoms with Gasteiger partial charge in [0.15, 0.2) is 5.13 Å². The Morgan fingerprint density at radius 2 is 2.29 bits per heavy atom. The molecule has 0 saturated heterocycles. The summed E-state index contributed by atoms with van der Waals surface area (Å²) in [5, 5.41) is 0.588. The Morgan fingerprint density at radius 1 is 1.53 bits per heavy atom. The molecule has 0 radical (unpaired) electrons. The third kappa shape index (κ3) is 3.20. The Balaban J connectivity index is 2.07. The molecule has 6 heteroatoms. The molecule has 2 nitrogen and oxygen atoms in total. The van der Waals surface area contributed by atoms with Gasteiger partial charge < -0.3 is 5.73 Å². The summed E-state index contributed by atoms with van der Waals surface area (Å²) in [5.41, 5.74) is 7.65. The molecule has 0 bridgehead atoms. The fourth-order valence-corrected chi connectivity index (χ4v) is 3.71. The first-order valence-electron chi connectivity index (χ1n) is 4.86. The maximum absolute atomic E-state index is 13.1. The Bertz CT molecular complexity index is 542. The molecule has 2 aromatic rings. The van der Waals surface area contributed by atoms with Crippen molar-refractivity contribution in [3.05, 3.63) is 39.7 Å². The van der Waals surface area contributed by atoms with Crippen molar-refractivity contribution < 1.29 is 4.39 Å². The molecule has 1 aromatic carbocycles. The van der Waals surface area contributed by atoms with E-state index in [-0.39, 0.29) is 5.82 Å². The topological polar surface area (TPSA) is 38.9 Å². The van der Waals surface area contributed by atoms with Gasteiger partial charge in [-0.1, -0.05) is 17.4 Å². The summed E-state index contributed by atoms with van der Waals surface area (Å²) in [5.74, 6) is 0.540. The quantitative estimate of drug-likeness (QED) is 0.855. The zero-order chi connectivity index (χ0) is 12.4. The van der Waals surface area contributed by atoms with Crippen LogP contribution in [0.5, 0.6) is 0 Å². The van der Waals surface area contributed by atoms with Crippen molar-refractivity contribution in [3.63, 3.8) is 0 Å². The molecular weight excluding hydrogens is 323 g/mol. The number of nitrogens with two attached hydrogens (primary N) is 1. The molecule has 90 valence electrons. The summed E-state index contributed by atoms with van der Waals surface area (Å²) in [6.45, 7) is 1.94. The van der Waals surface area contributed by atoms with Crippen molar-refractivity contribution in [1.29, 1.82) is 0 Å². The molecule has 17 heavy (non-hydrogen) atoms. The number of benzene rings is 1. The second-order valence-electron chi connectivity index (χ2n) is 3.46. The number of hydrogen-bond donors (Lipinski definition) is 1. The van der Waals surface area contributed by atoms with Crippen LogP contribution in [-0.2, 0) is 5.75 Å². The van der Waals surface area contributed by atoms with E-state index in [1.54, 1.807) is 23.9 Å². The maximum atomic E-state index is 13.1. The van der Waals surface area contributed by atoms with Crippen molar-refractivity contribution in [2.45, 2.75) is 16.9 Å². The van der Waals surface area contributed by atoms with Crippen molar-refractivity contribution in [2.24, 2.45) is 0 Å². The lowest BCUT2D eigenvalue weighted by Crippen LogP contribution is -1.84. The SMILES string of the molecule is Cc1nc(N)sc1SCc1ccc(F)c(Br)c1. The summed E-state index contributed by atoms with van der Waals surface area (Å²) in [6, 6.07) is 5.04. The first kappa shape index (κ1) is 12.9. The molecular formula is C11H10BrFN2S2. The zero-order valence-electron chi connectivity index (χ0n) is 9.04. The molecule has 0 unspecified atom stereocenters. The Hall–Kier alpha value is -0.590.